The second-order valence-corrected chi connectivity index (χ2v) is 5.59. The van der Waals surface area contributed by atoms with E-state index in [1.54, 1.807) is 19.1 Å². The molecule has 1 aromatic heterocycles. The van der Waals surface area contributed by atoms with Crippen LogP contribution in [0.25, 0.3) is 0 Å². The highest BCUT2D eigenvalue weighted by atomic mass is 19.1. The molecule has 1 aliphatic rings. The van der Waals surface area contributed by atoms with Crippen molar-refractivity contribution in [2.75, 3.05) is 16.8 Å². The lowest BCUT2D eigenvalue weighted by atomic mass is 10.0. The van der Waals surface area contributed by atoms with Gasteiger partial charge in [-0.05, 0) is 38.1 Å². The number of likely N-dealkylation sites (N-methyl/N-ethyl adjacent to an activating group) is 1. The number of nitrogens with zero attached hydrogens (tertiary/aromatic N) is 2. The molecule has 0 saturated heterocycles. The minimum absolute atomic E-state index is 0.246. The second-order valence-electron chi connectivity index (χ2n) is 5.59. The van der Waals surface area contributed by atoms with Crippen molar-refractivity contribution in [2.45, 2.75) is 19.4 Å². The summed E-state index contributed by atoms with van der Waals surface area (Å²) < 4.78 is 32.4. The van der Waals surface area contributed by atoms with Gasteiger partial charge in [0.15, 0.2) is 11.6 Å². The maximum absolute atomic E-state index is 13.8. The van der Waals surface area contributed by atoms with E-state index in [9.17, 15) is 18.4 Å². The molecule has 0 bridgehead atoms. The third kappa shape index (κ3) is 2.79. The van der Waals surface area contributed by atoms with Gasteiger partial charge in [0, 0.05) is 18.8 Å². The predicted molar refractivity (Wildman–Crippen MR) is 86.3 cm³/mol. The number of fused-ring (bicyclic) bond motifs is 1. The third-order valence-corrected chi connectivity index (χ3v) is 3.90. The molecule has 130 valence electrons. The molecule has 2 amide bonds. The first kappa shape index (κ1) is 16.8. The normalized spacial score (nSPS) is 19.2. The van der Waals surface area contributed by atoms with Crippen LogP contribution >= 0.6 is 0 Å². The van der Waals surface area contributed by atoms with Crippen molar-refractivity contribution < 1.29 is 23.1 Å². The molecule has 2 heterocycles. The number of hydrogen-bond donors (Lipinski definition) is 1. The van der Waals surface area contributed by atoms with Crippen LogP contribution in [0.4, 0.5) is 20.3 Å². The Labute approximate surface area is 142 Å². The number of ether oxygens (including phenoxy) is 1. The molecule has 3 rings (SSSR count). The summed E-state index contributed by atoms with van der Waals surface area (Å²) in [7, 11) is 0. The van der Waals surface area contributed by atoms with Crippen LogP contribution in [0.5, 0.6) is 5.75 Å². The van der Waals surface area contributed by atoms with Crippen LogP contribution in [-0.2, 0) is 9.59 Å². The fourth-order valence-electron chi connectivity index (χ4n) is 2.55. The summed E-state index contributed by atoms with van der Waals surface area (Å²) in [6, 6.07) is 5.91. The first-order valence-corrected chi connectivity index (χ1v) is 7.59. The van der Waals surface area contributed by atoms with Gasteiger partial charge in [-0.15, -0.1) is 0 Å². The number of nitrogens with one attached hydrogen (secondary N) is 1. The smallest absolute Gasteiger partial charge is 0.282 e. The van der Waals surface area contributed by atoms with Gasteiger partial charge in [-0.2, -0.15) is 0 Å². The Balaban J connectivity index is 1.95. The Morgan fingerprint density at radius 2 is 2.12 bits per heavy atom. The van der Waals surface area contributed by atoms with E-state index in [0.29, 0.717) is 11.9 Å². The van der Waals surface area contributed by atoms with Crippen LogP contribution < -0.4 is 15.0 Å². The Bertz CT molecular complexity index is 859. The van der Waals surface area contributed by atoms with E-state index < -0.39 is 29.0 Å². The van der Waals surface area contributed by atoms with E-state index >= 15 is 0 Å². The molecular formula is C17H15F2N3O3. The summed E-state index contributed by atoms with van der Waals surface area (Å²) in [6.07, 6.45) is 1.51. The van der Waals surface area contributed by atoms with Crippen molar-refractivity contribution in [1.29, 1.82) is 0 Å². The highest BCUT2D eigenvalue weighted by Crippen LogP contribution is 2.36. The molecule has 8 heteroatoms. The van der Waals surface area contributed by atoms with Crippen molar-refractivity contribution in [2.24, 2.45) is 0 Å². The van der Waals surface area contributed by atoms with Gasteiger partial charge in [0.25, 0.3) is 17.4 Å². The van der Waals surface area contributed by atoms with Crippen LogP contribution in [-0.4, -0.2) is 28.9 Å². The van der Waals surface area contributed by atoms with Crippen molar-refractivity contribution in [3.63, 3.8) is 0 Å². The van der Waals surface area contributed by atoms with E-state index in [-0.39, 0.29) is 18.0 Å². The summed E-state index contributed by atoms with van der Waals surface area (Å²) in [5.41, 5.74) is -2.16. The maximum Gasteiger partial charge on any atom is 0.282 e. The fourth-order valence-corrected chi connectivity index (χ4v) is 2.55. The zero-order valence-corrected chi connectivity index (χ0v) is 13.5. The molecule has 1 aliphatic heterocycles. The molecule has 2 aromatic rings. The van der Waals surface area contributed by atoms with Crippen LogP contribution in [0, 0.1) is 11.6 Å². The Morgan fingerprint density at radius 3 is 2.80 bits per heavy atom. The largest absolute Gasteiger partial charge is 0.464 e. The summed E-state index contributed by atoms with van der Waals surface area (Å²) in [5, 5.41) is 2.28. The van der Waals surface area contributed by atoms with Gasteiger partial charge in [0.05, 0.1) is 5.69 Å². The number of anilines is 2. The van der Waals surface area contributed by atoms with Crippen LogP contribution in [0.3, 0.4) is 0 Å². The minimum Gasteiger partial charge on any atom is -0.464 e. The van der Waals surface area contributed by atoms with Crippen LogP contribution in [0.1, 0.15) is 13.8 Å². The van der Waals surface area contributed by atoms with E-state index in [2.05, 4.69) is 10.3 Å². The first-order valence-electron chi connectivity index (χ1n) is 7.59. The predicted octanol–water partition coefficient (Wildman–Crippen LogP) is 2.50. The van der Waals surface area contributed by atoms with Gasteiger partial charge in [-0.3, -0.25) is 14.5 Å². The van der Waals surface area contributed by atoms with Gasteiger partial charge < -0.3 is 10.1 Å². The lowest BCUT2D eigenvalue weighted by Crippen LogP contribution is -2.61. The van der Waals surface area contributed by atoms with Gasteiger partial charge >= 0.3 is 0 Å². The van der Waals surface area contributed by atoms with Crippen molar-refractivity contribution in [3.05, 3.63) is 48.2 Å². The lowest BCUT2D eigenvalue weighted by molar-refractivity contribution is -0.145. The molecule has 0 aliphatic carbocycles. The number of benzene rings is 1. The summed E-state index contributed by atoms with van der Waals surface area (Å²) in [4.78, 5) is 30.8. The van der Waals surface area contributed by atoms with E-state index in [1.165, 1.54) is 18.0 Å². The van der Waals surface area contributed by atoms with Gasteiger partial charge in [0.1, 0.15) is 11.6 Å². The molecule has 0 saturated carbocycles. The number of carbonyl (C=O) groups excluding carboxylic acids is 2. The van der Waals surface area contributed by atoms with E-state index in [1.807, 2.05) is 0 Å². The summed E-state index contributed by atoms with van der Waals surface area (Å²) in [6.45, 7) is 3.31. The maximum atomic E-state index is 13.8. The number of rotatable bonds is 3. The topological polar surface area (TPSA) is 71.5 Å². The van der Waals surface area contributed by atoms with Gasteiger partial charge in [-0.25, -0.2) is 13.8 Å². The third-order valence-electron chi connectivity index (χ3n) is 3.90. The molecule has 1 N–H and O–H groups in total. The van der Waals surface area contributed by atoms with Crippen LogP contribution in [0.15, 0.2) is 36.5 Å². The van der Waals surface area contributed by atoms with Crippen molar-refractivity contribution >= 4 is 23.3 Å². The highest BCUT2D eigenvalue weighted by Gasteiger charge is 2.51. The van der Waals surface area contributed by atoms with Crippen LogP contribution in [0.2, 0.25) is 0 Å². The number of amides is 2. The molecular weight excluding hydrogens is 332 g/mol. The number of aromatic nitrogens is 1. The number of halogens is 2. The number of pyridine rings is 1. The minimum atomic E-state index is -1.91. The quantitative estimate of drug-likeness (QED) is 0.866. The second kappa shape index (κ2) is 6.12. The van der Waals surface area contributed by atoms with E-state index in [4.69, 9.17) is 4.74 Å². The van der Waals surface area contributed by atoms with Gasteiger partial charge in [0.2, 0.25) is 0 Å². The summed E-state index contributed by atoms with van der Waals surface area (Å²) in [5.74, 6) is -2.63. The Hall–Kier alpha value is -3.03. The average Bonchev–Trinajstić information content (AvgIpc) is 2.58. The monoisotopic (exact) mass is 347 g/mol. The Morgan fingerprint density at radius 1 is 1.36 bits per heavy atom. The fraction of sp³-hybridized carbons (Fsp3) is 0.235. The average molecular weight is 347 g/mol. The standard InChI is InChI=1S/C17H15F2N3O3/c1-3-22-14-13(5-4-8-20-14)25-17(2,16(22)24)15(23)21-12-7-6-10(18)9-11(12)19/h4-9H,3H2,1-2H3,(H,21,23)/t17-/m1/s1. The number of carbonyl (C=O) groups is 2. The molecule has 1 atom stereocenters. The zero-order valence-electron chi connectivity index (χ0n) is 13.5. The van der Waals surface area contributed by atoms with E-state index in [0.717, 1.165) is 12.1 Å². The SMILES string of the molecule is CCN1C(=O)[C@@](C)(C(=O)Nc2ccc(F)cc2F)Oc2cccnc21. The molecule has 25 heavy (non-hydrogen) atoms. The van der Waals surface area contributed by atoms with Crippen molar-refractivity contribution in [3.8, 4) is 5.75 Å². The highest BCUT2D eigenvalue weighted by molar-refractivity contribution is 6.19. The Kier molecular flexibility index (Phi) is 4.12. The lowest BCUT2D eigenvalue weighted by Gasteiger charge is -2.38. The summed E-state index contributed by atoms with van der Waals surface area (Å²) >= 11 is 0. The molecule has 0 radical (unpaired) electrons. The van der Waals surface area contributed by atoms with Gasteiger partial charge in [-0.1, -0.05) is 0 Å². The number of hydrogen-bond acceptors (Lipinski definition) is 4. The molecule has 0 spiro atoms. The molecule has 1 aromatic carbocycles. The molecule has 0 unspecified atom stereocenters. The van der Waals surface area contributed by atoms with Crippen molar-refractivity contribution in [1.82, 2.24) is 4.98 Å². The molecule has 6 nitrogen and oxygen atoms in total. The first-order chi connectivity index (χ1) is 11.9. The molecule has 0 fully saturated rings. The zero-order chi connectivity index (χ0) is 18.2.